The van der Waals surface area contributed by atoms with Gasteiger partial charge in [-0.3, -0.25) is 4.79 Å². The molecule has 1 aromatic heterocycles. The maximum absolute atomic E-state index is 9.95. The van der Waals surface area contributed by atoms with Crippen molar-refractivity contribution in [2.75, 3.05) is 0 Å². The second-order valence-electron chi connectivity index (χ2n) is 1.90. The molecule has 0 aliphatic heterocycles. The van der Waals surface area contributed by atoms with Crippen molar-refractivity contribution in [2.24, 2.45) is 12.0 Å². The monoisotopic (exact) mass is 136 g/mol. The molecule has 0 fully saturated rings. The highest BCUT2D eigenvalue weighted by Crippen LogP contribution is 1.74. The molecule has 0 unspecified atom stereocenters. The fourth-order valence-corrected chi connectivity index (χ4v) is 0.702. The van der Waals surface area contributed by atoms with Gasteiger partial charge in [-0.25, -0.2) is 0 Å². The van der Waals surface area contributed by atoms with Crippen LogP contribution in [0.4, 0.5) is 0 Å². The Morgan fingerprint density at radius 3 is 3.00 bits per heavy atom. The van der Waals surface area contributed by atoms with Gasteiger partial charge in [0.25, 0.3) is 0 Å². The van der Waals surface area contributed by atoms with Crippen LogP contribution in [-0.4, -0.2) is 11.0 Å². The van der Waals surface area contributed by atoms with E-state index in [0.717, 1.165) is 0 Å². The predicted molar refractivity (Wildman–Crippen MR) is 37.0 cm³/mol. The Morgan fingerprint density at radius 1 is 1.60 bits per heavy atom. The highest BCUT2D eigenvalue weighted by Gasteiger charge is 1.80. The third-order valence-corrected chi connectivity index (χ3v) is 1.21. The van der Waals surface area contributed by atoms with Crippen molar-refractivity contribution in [3.63, 3.8) is 0 Å². The van der Waals surface area contributed by atoms with E-state index in [2.05, 4.69) is 4.99 Å². The van der Waals surface area contributed by atoms with Gasteiger partial charge in [0.1, 0.15) is 5.49 Å². The average Bonchev–Trinajstić information content (AvgIpc) is 1.94. The van der Waals surface area contributed by atoms with Crippen LogP contribution in [0.2, 0.25) is 0 Å². The van der Waals surface area contributed by atoms with Crippen molar-refractivity contribution in [3.05, 3.63) is 29.9 Å². The van der Waals surface area contributed by atoms with Crippen molar-refractivity contribution >= 4 is 6.41 Å². The van der Waals surface area contributed by atoms with E-state index in [0.29, 0.717) is 11.9 Å². The number of hydrogen-bond acceptors (Lipinski definition) is 1. The molecule has 1 amide bonds. The fraction of sp³-hybridized carbons (Fsp3) is 0.143. The van der Waals surface area contributed by atoms with Crippen molar-refractivity contribution in [3.8, 4) is 0 Å². The molecule has 1 heterocycles. The molecule has 52 valence electrons. The average molecular weight is 136 g/mol. The van der Waals surface area contributed by atoms with Gasteiger partial charge in [-0.2, -0.15) is 4.99 Å². The van der Waals surface area contributed by atoms with E-state index in [4.69, 9.17) is 0 Å². The van der Waals surface area contributed by atoms with Crippen molar-refractivity contribution in [1.82, 2.24) is 4.57 Å². The zero-order valence-electron chi connectivity index (χ0n) is 5.69. The van der Waals surface area contributed by atoms with E-state index < -0.39 is 0 Å². The van der Waals surface area contributed by atoms with Crippen LogP contribution >= 0.6 is 0 Å². The van der Waals surface area contributed by atoms with E-state index in [9.17, 15) is 4.79 Å². The lowest BCUT2D eigenvalue weighted by Gasteiger charge is -1.93. The summed E-state index contributed by atoms with van der Waals surface area (Å²) in [6.07, 6.45) is 2.37. The minimum absolute atomic E-state index is 0.537. The van der Waals surface area contributed by atoms with E-state index in [1.165, 1.54) is 0 Å². The molecule has 0 saturated carbocycles. The molecule has 0 bridgehead atoms. The van der Waals surface area contributed by atoms with E-state index in [1.54, 1.807) is 10.6 Å². The second kappa shape index (κ2) is 2.96. The highest BCUT2D eigenvalue weighted by molar-refractivity contribution is 5.47. The highest BCUT2D eigenvalue weighted by atomic mass is 16.1. The second-order valence-corrected chi connectivity index (χ2v) is 1.90. The Labute approximate surface area is 58.6 Å². The molecular formula is C7H8N2O. The molecule has 1 rings (SSSR count). The summed E-state index contributed by atoms with van der Waals surface area (Å²) in [5.41, 5.74) is 0.664. The Kier molecular flexibility index (Phi) is 1.99. The minimum atomic E-state index is 0.537. The number of carbonyl (C=O) groups is 1. The summed E-state index contributed by atoms with van der Waals surface area (Å²) in [5, 5.41) is 0. The van der Waals surface area contributed by atoms with E-state index in [-0.39, 0.29) is 0 Å². The summed E-state index contributed by atoms with van der Waals surface area (Å²) in [6.45, 7) is 0. The summed E-state index contributed by atoms with van der Waals surface area (Å²) in [7, 11) is 1.84. The van der Waals surface area contributed by atoms with Crippen LogP contribution in [0.5, 0.6) is 0 Å². The van der Waals surface area contributed by atoms with Crippen LogP contribution in [0.3, 0.4) is 0 Å². The van der Waals surface area contributed by atoms with Gasteiger partial charge in [0.2, 0.25) is 6.41 Å². The summed E-state index contributed by atoms with van der Waals surface area (Å²) in [4.78, 5) is 13.5. The van der Waals surface area contributed by atoms with Crippen LogP contribution in [0.25, 0.3) is 0 Å². The van der Waals surface area contributed by atoms with Gasteiger partial charge >= 0.3 is 0 Å². The van der Waals surface area contributed by atoms with Gasteiger partial charge in [-0.15, -0.1) is 0 Å². The molecule has 0 N–H and O–H groups in total. The first-order chi connectivity index (χ1) is 4.84. The van der Waals surface area contributed by atoms with Crippen LogP contribution < -0.4 is 5.49 Å². The molecule has 0 atom stereocenters. The lowest BCUT2D eigenvalue weighted by molar-refractivity contribution is -0.107. The number of pyridine rings is 1. The lowest BCUT2D eigenvalue weighted by Crippen LogP contribution is -2.15. The fourth-order valence-electron chi connectivity index (χ4n) is 0.702. The van der Waals surface area contributed by atoms with Crippen LogP contribution in [0, 0.1) is 0 Å². The molecule has 0 saturated heterocycles. The Morgan fingerprint density at radius 2 is 2.40 bits per heavy atom. The zero-order chi connectivity index (χ0) is 7.40. The molecule has 10 heavy (non-hydrogen) atoms. The van der Waals surface area contributed by atoms with Crippen LogP contribution in [0.1, 0.15) is 0 Å². The van der Waals surface area contributed by atoms with Gasteiger partial charge in [-0.05, 0) is 12.1 Å². The van der Waals surface area contributed by atoms with Crippen molar-refractivity contribution in [2.45, 2.75) is 0 Å². The van der Waals surface area contributed by atoms with Crippen LogP contribution in [-0.2, 0) is 11.8 Å². The molecular weight excluding hydrogens is 128 g/mol. The molecule has 0 aliphatic carbocycles. The van der Waals surface area contributed by atoms with Gasteiger partial charge in [0, 0.05) is 13.2 Å². The number of aromatic nitrogens is 1. The Balaban J connectivity index is 3.28. The summed E-state index contributed by atoms with van der Waals surface area (Å²) in [5.74, 6) is 0. The number of hydrogen-bond donors (Lipinski definition) is 0. The molecule has 0 spiro atoms. The molecule has 0 radical (unpaired) electrons. The van der Waals surface area contributed by atoms with E-state index in [1.807, 2.05) is 25.4 Å². The summed E-state index contributed by atoms with van der Waals surface area (Å²) < 4.78 is 1.77. The van der Waals surface area contributed by atoms with Crippen LogP contribution in [0.15, 0.2) is 29.4 Å². The molecule has 0 aliphatic rings. The van der Waals surface area contributed by atoms with Gasteiger partial charge in [0.15, 0.2) is 0 Å². The third kappa shape index (κ3) is 1.31. The maximum Gasteiger partial charge on any atom is 0.234 e. The number of amides is 1. The van der Waals surface area contributed by atoms with Gasteiger partial charge < -0.3 is 4.57 Å². The third-order valence-electron chi connectivity index (χ3n) is 1.21. The number of aryl methyl sites for hydroxylation is 1. The first kappa shape index (κ1) is 6.74. The maximum atomic E-state index is 9.95. The number of rotatable bonds is 1. The Bertz CT molecular complexity index is 288. The first-order valence-electron chi connectivity index (χ1n) is 2.94. The molecule has 3 heteroatoms. The SMILES string of the molecule is Cn1ccccc1=NC=O. The number of carbonyl (C=O) groups excluding carboxylic acids is 1. The predicted octanol–water partition coefficient (Wildman–Crippen LogP) is 0.0822. The lowest BCUT2D eigenvalue weighted by atomic mass is 10.5. The minimum Gasteiger partial charge on any atom is -0.336 e. The van der Waals surface area contributed by atoms with E-state index >= 15 is 0 Å². The normalized spacial score (nSPS) is 11.5. The summed E-state index contributed by atoms with van der Waals surface area (Å²) >= 11 is 0. The zero-order valence-corrected chi connectivity index (χ0v) is 5.69. The van der Waals surface area contributed by atoms with Crippen molar-refractivity contribution in [1.29, 1.82) is 0 Å². The van der Waals surface area contributed by atoms with Crippen molar-refractivity contribution < 1.29 is 4.79 Å². The largest absolute Gasteiger partial charge is 0.336 e. The standard InChI is InChI=1S/C7H8N2O/c1-9-5-3-2-4-7(9)8-6-10/h2-6H,1H3. The summed E-state index contributed by atoms with van der Waals surface area (Å²) in [6, 6.07) is 5.49. The first-order valence-corrected chi connectivity index (χ1v) is 2.94. The Hall–Kier alpha value is -1.38. The molecule has 3 nitrogen and oxygen atoms in total. The van der Waals surface area contributed by atoms with Gasteiger partial charge in [-0.1, -0.05) is 6.07 Å². The molecule has 0 aromatic carbocycles. The topological polar surface area (TPSA) is 34.4 Å². The van der Waals surface area contributed by atoms with Gasteiger partial charge in [0.05, 0.1) is 0 Å². The number of nitrogens with zero attached hydrogens (tertiary/aromatic N) is 2. The smallest absolute Gasteiger partial charge is 0.234 e. The quantitative estimate of drug-likeness (QED) is 0.503. The molecule has 1 aromatic rings.